The van der Waals surface area contributed by atoms with Gasteiger partial charge in [0.05, 0.1) is 0 Å². The second kappa shape index (κ2) is 16.4. The zero-order valence-corrected chi connectivity index (χ0v) is 22.9. The summed E-state index contributed by atoms with van der Waals surface area (Å²) in [6.07, 6.45) is 26.9. The monoisotopic (exact) mass is 462 g/mol. The summed E-state index contributed by atoms with van der Waals surface area (Å²) >= 11 is 0. The first kappa shape index (κ1) is 29.8. The SMILES string of the molecule is C=C/C(=C\C=C(\C)CC)C(C)CC(N)C1C=CC=C1C/C(=C\C=C/C=NC)C(CC)C(C)CC. The highest BCUT2D eigenvalue weighted by atomic mass is 14.7. The predicted molar refractivity (Wildman–Crippen MR) is 154 cm³/mol. The first-order valence-electron chi connectivity index (χ1n) is 13.2. The Kier molecular flexibility index (Phi) is 14.4. The number of nitrogens with two attached hydrogens (primary N) is 1. The molecule has 2 N–H and O–H groups in total. The van der Waals surface area contributed by atoms with E-state index in [1.165, 1.54) is 28.7 Å². The standard InChI is InChI=1S/C32H50N2/c1-9-24(5)19-20-27(11-3)26(7)22-32(33)31-18-15-17-29(31)23-28(16-13-14-21-34-8)30(12-4)25(6)10-2/h11,13-21,25-26,30-32H,3,9-10,12,22-23,33H2,1-2,4-8H3/b14-13-,24-19-,27-20+,28-16+,34-21?. The lowest BCUT2D eigenvalue weighted by atomic mass is 9.77. The summed E-state index contributed by atoms with van der Waals surface area (Å²) in [5.41, 5.74) is 12.4. The van der Waals surface area contributed by atoms with Gasteiger partial charge in [-0.15, -0.1) is 0 Å². The van der Waals surface area contributed by atoms with Gasteiger partial charge in [0.1, 0.15) is 0 Å². The number of allylic oxidation sites excluding steroid dienone is 11. The van der Waals surface area contributed by atoms with E-state index in [1.54, 1.807) is 7.05 Å². The van der Waals surface area contributed by atoms with Crippen LogP contribution < -0.4 is 5.73 Å². The minimum atomic E-state index is 0.0901. The number of nitrogens with zero attached hydrogens (tertiary/aromatic N) is 1. The Bertz CT molecular complexity index is 831. The minimum Gasteiger partial charge on any atom is -0.327 e. The molecule has 0 spiro atoms. The highest BCUT2D eigenvalue weighted by Crippen LogP contribution is 2.36. The third kappa shape index (κ3) is 9.58. The van der Waals surface area contributed by atoms with E-state index in [-0.39, 0.29) is 6.04 Å². The molecule has 0 fully saturated rings. The Morgan fingerprint density at radius 3 is 2.44 bits per heavy atom. The molecule has 0 aliphatic heterocycles. The first-order chi connectivity index (χ1) is 16.3. The Morgan fingerprint density at radius 2 is 1.85 bits per heavy atom. The largest absolute Gasteiger partial charge is 0.327 e. The van der Waals surface area contributed by atoms with Crippen molar-refractivity contribution in [3.63, 3.8) is 0 Å². The van der Waals surface area contributed by atoms with Crippen LogP contribution in [0.5, 0.6) is 0 Å². The zero-order chi connectivity index (χ0) is 25.5. The van der Waals surface area contributed by atoms with E-state index >= 15 is 0 Å². The molecule has 0 heterocycles. The first-order valence-corrected chi connectivity index (χ1v) is 13.2. The second-order valence-corrected chi connectivity index (χ2v) is 9.80. The van der Waals surface area contributed by atoms with E-state index in [4.69, 9.17) is 5.73 Å². The number of hydrogen-bond acceptors (Lipinski definition) is 2. The van der Waals surface area contributed by atoms with Gasteiger partial charge in [-0.05, 0) is 62.0 Å². The van der Waals surface area contributed by atoms with Crippen LogP contribution in [-0.2, 0) is 0 Å². The molecule has 5 atom stereocenters. The molecule has 1 rings (SSSR count). The molecular weight excluding hydrogens is 412 g/mol. The van der Waals surface area contributed by atoms with Gasteiger partial charge in [-0.1, -0.05) is 113 Å². The smallest absolute Gasteiger partial charge is 0.0277 e. The van der Waals surface area contributed by atoms with Gasteiger partial charge >= 0.3 is 0 Å². The van der Waals surface area contributed by atoms with Gasteiger partial charge in [-0.2, -0.15) is 0 Å². The van der Waals surface area contributed by atoms with Gasteiger partial charge in [-0.25, -0.2) is 0 Å². The van der Waals surface area contributed by atoms with Crippen LogP contribution in [0.25, 0.3) is 0 Å². The summed E-state index contributed by atoms with van der Waals surface area (Å²) in [4.78, 5) is 4.07. The third-order valence-corrected chi connectivity index (χ3v) is 7.38. The Morgan fingerprint density at radius 1 is 1.12 bits per heavy atom. The van der Waals surface area contributed by atoms with Crippen LogP contribution in [-0.4, -0.2) is 19.3 Å². The molecular formula is C32H50N2. The van der Waals surface area contributed by atoms with Gasteiger partial charge in [0.15, 0.2) is 0 Å². The summed E-state index contributed by atoms with van der Waals surface area (Å²) in [5, 5.41) is 0. The average molecular weight is 463 g/mol. The van der Waals surface area contributed by atoms with Crippen molar-refractivity contribution in [2.24, 2.45) is 34.4 Å². The normalized spacial score (nSPS) is 21.2. The number of aliphatic imine (C=N–C) groups is 1. The average Bonchev–Trinajstić information content (AvgIpc) is 3.30. The highest BCUT2D eigenvalue weighted by molar-refractivity contribution is 5.71. The molecule has 34 heavy (non-hydrogen) atoms. The minimum absolute atomic E-state index is 0.0901. The van der Waals surface area contributed by atoms with E-state index < -0.39 is 0 Å². The van der Waals surface area contributed by atoms with Crippen LogP contribution in [0, 0.1) is 23.7 Å². The lowest BCUT2D eigenvalue weighted by Gasteiger charge is -2.29. The maximum Gasteiger partial charge on any atom is 0.0277 e. The molecule has 0 radical (unpaired) electrons. The fourth-order valence-corrected chi connectivity index (χ4v) is 4.79. The molecule has 2 nitrogen and oxygen atoms in total. The van der Waals surface area contributed by atoms with Crippen molar-refractivity contribution in [3.8, 4) is 0 Å². The van der Waals surface area contributed by atoms with Gasteiger partial charge in [-0.3, -0.25) is 4.99 Å². The molecule has 0 amide bonds. The van der Waals surface area contributed by atoms with E-state index in [1.807, 2.05) is 18.4 Å². The second-order valence-electron chi connectivity index (χ2n) is 9.80. The number of hydrogen-bond donors (Lipinski definition) is 1. The van der Waals surface area contributed by atoms with Crippen molar-refractivity contribution in [2.45, 2.75) is 79.7 Å². The van der Waals surface area contributed by atoms with Gasteiger partial charge in [0, 0.05) is 25.2 Å². The zero-order valence-electron chi connectivity index (χ0n) is 22.9. The van der Waals surface area contributed by atoms with Crippen LogP contribution >= 0.6 is 0 Å². The fourth-order valence-electron chi connectivity index (χ4n) is 4.79. The molecule has 188 valence electrons. The van der Waals surface area contributed by atoms with Crippen molar-refractivity contribution < 1.29 is 0 Å². The molecule has 0 saturated carbocycles. The quantitative estimate of drug-likeness (QED) is 0.192. The van der Waals surface area contributed by atoms with Gasteiger partial charge < -0.3 is 5.73 Å². The van der Waals surface area contributed by atoms with Crippen LogP contribution in [0.1, 0.15) is 73.6 Å². The van der Waals surface area contributed by atoms with E-state index in [2.05, 4.69) is 95.6 Å². The van der Waals surface area contributed by atoms with Crippen molar-refractivity contribution in [3.05, 3.63) is 83.6 Å². The van der Waals surface area contributed by atoms with Crippen LogP contribution in [0.4, 0.5) is 0 Å². The molecule has 0 aromatic carbocycles. The lowest BCUT2D eigenvalue weighted by molar-refractivity contribution is 0.378. The van der Waals surface area contributed by atoms with Gasteiger partial charge in [0.25, 0.3) is 0 Å². The molecule has 0 aromatic rings. The van der Waals surface area contributed by atoms with Crippen molar-refractivity contribution in [1.29, 1.82) is 0 Å². The lowest BCUT2D eigenvalue weighted by Crippen LogP contribution is -2.32. The summed E-state index contributed by atoms with van der Waals surface area (Å²) in [7, 11) is 1.80. The van der Waals surface area contributed by atoms with E-state index in [0.29, 0.717) is 23.7 Å². The Hall–Kier alpha value is -2.19. The van der Waals surface area contributed by atoms with E-state index in [9.17, 15) is 0 Å². The predicted octanol–water partition coefficient (Wildman–Crippen LogP) is 8.57. The molecule has 5 unspecified atom stereocenters. The van der Waals surface area contributed by atoms with Crippen molar-refractivity contribution in [1.82, 2.24) is 0 Å². The molecule has 1 aliphatic rings. The van der Waals surface area contributed by atoms with Crippen LogP contribution in [0.15, 0.2) is 88.5 Å². The molecule has 0 bridgehead atoms. The van der Waals surface area contributed by atoms with Crippen molar-refractivity contribution >= 4 is 6.21 Å². The Labute approximate surface area is 210 Å². The Balaban J connectivity index is 3.05. The van der Waals surface area contributed by atoms with Crippen LogP contribution in [0.2, 0.25) is 0 Å². The topological polar surface area (TPSA) is 38.4 Å². The highest BCUT2D eigenvalue weighted by Gasteiger charge is 2.27. The molecule has 2 heteroatoms. The molecule has 1 aliphatic carbocycles. The number of rotatable bonds is 15. The fraction of sp³-hybridized carbons (Fsp3) is 0.531. The van der Waals surface area contributed by atoms with E-state index in [0.717, 1.165) is 25.7 Å². The van der Waals surface area contributed by atoms with Crippen LogP contribution in [0.3, 0.4) is 0 Å². The summed E-state index contributed by atoms with van der Waals surface area (Å²) in [6, 6.07) is 0.0901. The van der Waals surface area contributed by atoms with Gasteiger partial charge in [0.2, 0.25) is 0 Å². The molecule has 0 aromatic heterocycles. The summed E-state index contributed by atoms with van der Waals surface area (Å²) in [6.45, 7) is 17.7. The maximum atomic E-state index is 6.84. The van der Waals surface area contributed by atoms with Crippen molar-refractivity contribution in [2.75, 3.05) is 7.05 Å². The summed E-state index contributed by atoms with van der Waals surface area (Å²) in [5.74, 6) is 1.90. The maximum absolute atomic E-state index is 6.84. The third-order valence-electron chi connectivity index (χ3n) is 7.38. The summed E-state index contributed by atoms with van der Waals surface area (Å²) < 4.78 is 0. The molecule has 0 saturated heterocycles.